The molecule has 0 atom stereocenters. The van der Waals surface area contributed by atoms with Gasteiger partial charge in [0, 0.05) is 37.3 Å². The second kappa shape index (κ2) is 9.34. The molecule has 33 heavy (non-hydrogen) atoms. The summed E-state index contributed by atoms with van der Waals surface area (Å²) in [6, 6.07) is 16.4. The first-order valence-electron chi connectivity index (χ1n) is 10.1. The van der Waals surface area contributed by atoms with Gasteiger partial charge in [-0.1, -0.05) is 41.9 Å². The van der Waals surface area contributed by atoms with Crippen LogP contribution in [-0.2, 0) is 14.8 Å². The maximum atomic E-state index is 13.1. The van der Waals surface area contributed by atoms with Crippen LogP contribution in [0.5, 0.6) is 5.75 Å². The van der Waals surface area contributed by atoms with Gasteiger partial charge in [0.25, 0.3) is 5.91 Å². The number of halogens is 1. The molecule has 0 aliphatic carbocycles. The third-order valence-electron chi connectivity index (χ3n) is 5.42. The van der Waals surface area contributed by atoms with E-state index in [9.17, 15) is 23.3 Å². The number of nitro groups is 1. The van der Waals surface area contributed by atoms with Crippen molar-refractivity contribution in [3.8, 4) is 5.75 Å². The van der Waals surface area contributed by atoms with E-state index in [-0.39, 0.29) is 53.4 Å². The molecule has 9 nitrogen and oxygen atoms in total. The van der Waals surface area contributed by atoms with E-state index < -0.39 is 21.6 Å². The van der Waals surface area contributed by atoms with E-state index in [2.05, 4.69) is 0 Å². The van der Waals surface area contributed by atoms with Crippen LogP contribution in [0.15, 0.2) is 65.6 Å². The van der Waals surface area contributed by atoms with Gasteiger partial charge in [0.2, 0.25) is 10.0 Å². The number of amides is 1. The number of carbonyl (C=O) groups excluding carboxylic acids is 1. The predicted octanol–water partition coefficient (Wildman–Crippen LogP) is 3.31. The molecule has 1 aliphatic heterocycles. The molecule has 0 N–H and O–H groups in total. The van der Waals surface area contributed by atoms with Crippen molar-refractivity contribution in [3.63, 3.8) is 0 Å². The van der Waals surface area contributed by atoms with Gasteiger partial charge in [-0.2, -0.15) is 4.31 Å². The summed E-state index contributed by atoms with van der Waals surface area (Å²) < 4.78 is 32.8. The van der Waals surface area contributed by atoms with E-state index in [4.69, 9.17) is 16.3 Å². The zero-order valence-corrected chi connectivity index (χ0v) is 19.0. The lowest BCUT2D eigenvalue weighted by atomic mass is 10.1. The van der Waals surface area contributed by atoms with Crippen LogP contribution >= 0.6 is 11.6 Å². The van der Waals surface area contributed by atoms with Gasteiger partial charge in [-0.3, -0.25) is 14.9 Å². The Bertz CT molecular complexity index is 1320. The molecule has 3 aromatic carbocycles. The molecule has 11 heteroatoms. The first-order valence-corrected chi connectivity index (χ1v) is 11.9. The molecule has 0 saturated carbocycles. The van der Waals surface area contributed by atoms with Crippen molar-refractivity contribution in [2.24, 2.45) is 0 Å². The number of benzene rings is 3. The fourth-order valence-electron chi connectivity index (χ4n) is 3.64. The lowest BCUT2D eigenvalue weighted by Gasteiger charge is -2.34. The quantitative estimate of drug-likeness (QED) is 0.388. The van der Waals surface area contributed by atoms with E-state index in [0.29, 0.717) is 0 Å². The summed E-state index contributed by atoms with van der Waals surface area (Å²) in [5.74, 6) is -0.447. The Balaban J connectivity index is 1.38. The van der Waals surface area contributed by atoms with E-state index in [1.165, 1.54) is 21.3 Å². The number of fused-ring (bicyclic) bond motifs is 1. The van der Waals surface area contributed by atoms with Crippen molar-refractivity contribution in [2.75, 3.05) is 32.8 Å². The standard InChI is InChI=1S/C22H20ClN3O6S/c23-18-6-8-21(20(14-18)26(28)29)32-15-22(27)24-9-11-25(12-10-24)33(30,31)19-7-5-16-3-1-2-4-17(16)13-19/h1-8,13-14H,9-12,15H2. The number of piperazine rings is 1. The topological polar surface area (TPSA) is 110 Å². The maximum absolute atomic E-state index is 13.1. The molecule has 0 radical (unpaired) electrons. The third kappa shape index (κ3) is 4.92. The van der Waals surface area contributed by atoms with E-state index in [1.807, 2.05) is 24.3 Å². The number of carbonyl (C=O) groups is 1. The van der Waals surface area contributed by atoms with Gasteiger partial charge in [0.05, 0.1) is 9.82 Å². The van der Waals surface area contributed by atoms with Crippen LogP contribution in [0.2, 0.25) is 5.02 Å². The van der Waals surface area contributed by atoms with Crippen molar-refractivity contribution in [1.82, 2.24) is 9.21 Å². The van der Waals surface area contributed by atoms with Crippen molar-refractivity contribution < 1.29 is 22.9 Å². The summed E-state index contributed by atoms with van der Waals surface area (Å²) in [7, 11) is -3.70. The summed E-state index contributed by atoms with van der Waals surface area (Å²) >= 11 is 5.78. The van der Waals surface area contributed by atoms with Crippen molar-refractivity contribution in [2.45, 2.75) is 4.90 Å². The molecule has 0 bridgehead atoms. The number of rotatable bonds is 6. The van der Waals surface area contributed by atoms with E-state index in [1.54, 1.807) is 18.2 Å². The second-order valence-electron chi connectivity index (χ2n) is 7.45. The predicted molar refractivity (Wildman–Crippen MR) is 123 cm³/mol. The molecule has 3 aromatic rings. The van der Waals surface area contributed by atoms with Crippen LogP contribution in [-0.4, -0.2) is 61.2 Å². The Morgan fingerprint density at radius 1 is 1.00 bits per heavy atom. The number of sulfonamides is 1. The zero-order valence-electron chi connectivity index (χ0n) is 17.4. The Hall–Kier alpha value is -3.21. The van der Waals surface area contributed by atoms with Gasteiger partial charge in [-0.25, -0.2) is 8.42 Å². The van der Waals surface area contributed by atoms with Crippen LogP contribution in [0.25, 0.3) is 10.8 Å². The normalized spacial score (nSPS) is 14.9. The van der Waals surface area contributed by atoms with E-state index >= 15 is 0 Å². The van der Waals surface area contributed by atoms with Crippen LogP contribution in [0.3, 0.4) is 0 Å². The second-order valence-corrected chi connectivity index (χ2v) is 9.83. The van der Waals surface area contributed by atoms with Crippen molar-refractivity contribution in [1.29, 1.82) is 0 Å². The van der Waals surface area contributed by atoms with E-state index in [0.717, 1.165) is 16.8 Å². The smallest absolute Gasteiger partial charge is 0.312 e. The number of ether oxygens (including phenoxy) is 1. The highest BCUT2D eigenvalue weighted by atomic mass is 35.5. The average Bonchev–Trinajstić information content (AvgIpc) is 2.82. The minimum Gasteiger partial charge on any atom is -0.477 e. The van der Waals surface area contributed by atoms with Crippen LogP contribution in [0.1, 0.15) is 0 Å². The zero-order chi connectivity index (χ0) is 23.6. The van der Waals surface area contributed by atoms with Crippen LogP contribution < -0.4 is 4.74 Å². The molecule has 1 fully saturated rings. The monoisotopic (exact) mass is 489 g/mol. The molecular weight excluding hydrogens is 470 g/mol. The van der Waals surface area contributed by atoms with Crippen LogP contribution in [0, 0.1) is 10.1 Å². The first-order chi connectivity index (χ1) is 15.8. The Labute approximate surface area is 195 Å². The fourth-order valence-corrected chi connectivity index (χ4v) is 5.27. The molecule has 0 unspecified atom stereocenters. The highest BCUT2D eigenvalue weighted by molar-refractivity contribution is 7.89. The summed E-state index contributed by atoms with van der Waals surface area (Å²) in [5.41, 5.74) is -0.332. The van der Waals surface area contributed by atoms with Crippen molar-refractivity contribution >= 4 is 44.0 Å². The van der Waals surface area contributed by atoms with Crippen molar-refractivity contribution in [3.05, 3.63) is 75.8 Å². The minimum atomic E-state index is -3.70. The molecule has 1 aliphatic rings. The highest BCUT2D eigenvalue weighted by Crippen LogP contribution is 2.30. The summed E-state index contributed by atoms with van der Waals surface area (Å²) in [5, 5.41) is 13.1. The molecule has 1 saturated heterocycles. The largest absolute Gasteiger partial charge is 0.477 e. The summed E-state index contributed by atoms with van der Waals surface area (Å²) in [6.45, 7) is 0.263. The number of nitrogens with zero attached hydrogens (tertiary/aromatic N) is 3. The maximum Gasteiger partial charge on any atom is 0.312 e. The fraction of sp³-hybridized carbons (Fsp3) is 0.227. The Morgan fingerprint density at radius 2 is 1.70 bits per heavy atom. The lowest BCUT2D eigenvalue weighted by molar-refractivity contribution is -0.385. The summed E-state index contributed by atoms with van der Waals surface area (Å²) in [6.07, 6.45) is 0. The molecular formula is C22H20ClN3O6S. The molecule has 0 aromatic heterocycles. The number of nitro benzene ring substituents is 1. The Morgan fingerprint density at radius 3 is 2.39 bits per heavy atom. The third-order valence-corrected chi connectivity index (χ3v) is 7.55. The SMILES string of the molecule is O=C(COc1ccc(Cl)cc1[N+](=O)[O-])N1CCN(S(=O)(=O)c2ccc3ccccc3c2)CC1. The first kappa shape index (κ1) is 23.0. The van der Waals surface area contributed by atoms with Gasteiger partial charge in [0.1, 0.15) is 0 Å². The summed E-state index contributed by atoms with van der Waals surface area (Å²) in [4.78, 5) is 24.7. The van der Waals surface area contributed by atoms with Gasteiger partial charge in [-0.05, 0) is 35.0 Å². The molecule has 1 amide bonds. The average molecular weight is 490 g/mol. The molecule has 1 heterocycles. The molecule has 4 rings (SSSR count). The number of hydrogen-bond donors (Lipinski definition) is 0. The van der Waals surface area contributed by atoms with Gasteiger partial charge in [-0.15, -0.1) is 0 Å². The molecule has 172 valence electrons. The lowest BCUT2D eigenvalue weighted by Crippen LogP contribution is -2.51. The highest BCUT2D eigenvalue weighted by Gasteiger charge is 2.30. The van der Waals surface area contributed by atoms with Crippen LogP contribution in [0.4, 0.5) is 5.69 Å². The molecule has 0 spiro atoms. The Kier molecular flexibility index (Phi) is 6.50. The van der Waals surface area contributed by atoms with Gasteiger partial charge >= 0.3 is 5.69 Å². The minimum absolute atomic E-state index is 0.0599. The van der Waals surface area contributed by atoms with Gasteiger partial charge < -0.3 is 9.64 Å². The number of hydrogen-bond acceptors (Lipinski definition) is 6. The van der Waals surface area contributed by atoms with Gasteiger partial charge in [0.15, 0.2) is 12.4 Å².